The Morgan fingerprint density at radius 1 is 1.33 bits per heavy atom. The van der Waals surface area contributed by atoms with Crippen LogP contribution in [0.5, 0.6) is 0 Å². The maximum Gasteiger partial charge on any atom is 0.234 e. The van der Waals surface area contributed by atoms with E-state index in [1.165, 1.54) is 0 Å². The zero-order valence-corrected chi connectivity index (χ0v) is 12.4. The van der Waals surface area contributed by atoms with Gasteiger partial charge in [0.25, 0.3) is 0 Å². The fourth-order valence-corrected chi connectivity index (χ4v) is 1.95. The van der Waals surface area contributed by atoms with Crippen molar-refractivity contribution >= 4 is 5.91 Å². The summed E-state index contributed by atoms with van der Waals surface area (Å²) in [5.41, 5.74) is -0.821. The smallest absolute Gasteiger partial charge is 0.234 e. The highest BCUT2D eigenvalue weighted by molar-refractivity contribution is 5.78. The third-order valence-electron chi connectivity index (χ3n) is 2.80. The highest BCUT2D eigenvalue weighted by Gasteiger charge is 2.21. The van der Waals surface area contributed by atoms with Gasteiger partial charge >= 0.3 is 0 Å². The summed E-state index contributed by atoms with van der Waals surface area (Å²) >= 11 is 0. The molecule has 0 rings (SSSR count). The molecular formula is C13H29N3O2. The van der Waals surface area contributed by atoms with Gasteiger partial charge in [0.05, 0.1) is 12.1 Å². The predicted molar refractivity (Wildman–Crippen MR) is 74.6 cm³/mol. The van der Waals surface area contributed by atoms with Crippen LogP contribution < -0.4 is 10.6 Å². The summed E-state index contributed by atoms with van der Waals surface area (Å²) in [6.45, 7) is 7.10. The largest absolute Gasteiger partial charge is 0.388 e. The summed E-state index contributed by atoms with van der Waals surface area (Å²) in [6.07, 6.45) is 1.89. The molecule has 0 bridgehead atoms. The van der Waals surface area contributed by atoms with Gasteiger partial charge in [-0.05, 0) is 33.9 Å². The minimum atomic E-state index is -0.821. The first kappa shape index (κ1) is 17.4. The lowest BCUT2D eigenvalue weighted by Crippen LogP contribution is -2.48. The number of carbonyl (C=O) groups is 1. The van der Waals surface area contributed by atoms with Gasteiger partial charge in [0.15, 0.2) is 0 Å². The van der Waals surface area contributed by atoms with E-state index in [1.54, 1.807) is 6.92 Å². The monoisotopic (exact) mass is 259 g/mol. The molecule has 0 aliphatic rings. The molecule has 1 amide bonds. The summed E-state index contributed by atoms with van der Waals surface area (Å²) in [7, 11) is 3.82. The minimum absolute atomic E-state index is 0.00986. The number of carbonyl (C=O) groups excluding carboxylic acids is 1. The average Bonchev–Trinajstić information content (AvgIpc) is 2.23. The van der Waals surface area contributed by atoms with Crippen LogP contribution in [0.25, 0.3) is 0 Å². The summed E-state index contributed by atoms with van der Waals surface area (Å²) in [5.74, 6) is -0.00986. The third-order valence-corrected chi connectivity index (χ3v) is 2.80. The Morgan fingerprint density at radius 2 is 1.89 bits per heavy atom. The van der Waals surface area contributed by atoms with E-state index in [9.17, 15) is 9.90 Å². The van der Waals surface area contributed by atoms with Gasteiger partial charge in [-0.1, -0.05) is 13.8 Å². The van der Waals surface area contributed by atoms with Gasteiger partial charge in [0.2, 0.25) is 5.91 Å². The van der Waals surface area contributed by atoms with Crippen LogP contribution in [0.4, 0.5) is 0 Å². The van der Waals surface area contributed by atoms with Gasteiger partial charge in [-0.2, -0.15) is 0 Å². The van der Waals surface area contributed by atoms with Crippen LogP contribution in [0.1, 0.15) is 33.6 Å². The maximum atomic E-state index is 11.6. The molecule has 0 spiro atoms. The highest BCUT2D eigenvalue weighted by atomic mass is 16.3. The van der Waals surface area contributed by atoms with E-state index in [0.29, 0.717) is 13.1 Å². The lowest BCUT2D eigenvalue weighted by molar-refractivity contribution is -0.121. The van der Waals surface area contributed by atoms with Crippen molar-refractivity contribution in [2.45, 2.75) is 45.3 Å². The van der Waals surface area contributed by atoms with E-state index in [2.05, 4.69) is 24.5 Å². The van der Waals surface area contributed by atoms with Crippen molar-refractivity contribution < 1.29 is 9.90 Å². The molecule has 0 saturated carbocycles. The molecule has 5 heteroatoms. The second kappa shape index (κ2) is 8.45. The van der Waals surface area contributed by atoms with Crippen LogP contribution in [0.15, 0.2) is 0 Å². The van der Waals surface area contributed by atoms with Crippen molar-refractivity contribution in [1.29, 1.82) is 0 Å². The molecule has 5 nitrogen and oxygen atoms in total. The van der Waals surface area contributed by atoms with E-state index in [1.807, 2.05) is 19.0 Å². The fourth-order valence-electron chi connectivity index (χ4n) is 1.95. The van der Waals surface area contributed by atoms with E-state index < -0.39 is 5.60 Å². The van der Waals surface area contributed by atoms with E-state index in [-0.39, 0.29) is 18.5 Å². The lowest BCUT2D eigenvalue weighted by Gasteiger charge is -2.27. The molecule has 1 unspecified atom stereocenters. The molecule has 0 fully saturated rings. The SMILES string of the molecule is CCC(CC)NC(=O)CNCC(C)(O)CN(C)C. The maximum absolute atomic E-state index is 11.6. The Labute approximate surface area is 111 Å². The number of aliphatic hydroxyl groups is 1. The molecule has 0 aliphatic carbocycles. The Bertz CT molecular complexity index is 238. The minimum Gasteiger partial charge on any atom is -0.388 e. The second-order valence-electron chi connectivity index (χ2n) is 5.42. The Balaban J connectivity index is 3.86. The zero-order valence-electron chi connectivity index (χ0n) is 12.4. The summed E-state index contributed by atoms with van der Waals surface area (Å²) in [4.78, 5) is 13.5. The lowest BCUT2D eigenvalue weighted by atomic mass is 10.1. The highest BCUT2D eigenvalue weighted by Crippen LogP contribution is 2.02. The topological polar surface area (TPSA) is 64.6 Å². The van der Waals surface area contributed by atoms with Crippen LogP contribution in [0.2, 0.25) is 0 Å². The number of hydrogen-bond donors (Lipinski definition) is 3. The van der Waals surface area contributed by atoms with Crippen LogP contribution in [0.3, 0.4) is 0 Å². The predicted octanol–water partition coefficient (Wildman–Crippen LogP) is 0.193. The van der Waals surface area contributed by atoms with Crippen molar-refractivity contribution in [2.75, 3.05) is 33.7 Å². The number of hydrogen-bond acceptors (Lipinski definition) is 4. The standard InChI is InChI=1S/C13H29N3O2/c1-6-11(7-2)15-12(17)8-14-9-13(3,18)10-16(4)5/h11,14,18H,6-10H2,1-5H3,(H,15,17). The van der Waals surface area contributed by atoms with Crippen molar-refractivity contribution in [3.63, 3.8) is 0 Å². The van der Waals surface area contributed by atoms with Crippen LogP contribution in [-0.2, 0) is 4.79 Å². The quantitative estimate of drug-likeness (QED) is 0.553. The Kier molecular flexibility index (Phi) is 8.15. The van der Waals surface area contributed by atoms with Crippen molar-refractivity contribution in [1.82, 2.24) is 15.5 Å². The van der Waals surface area contributed by atoms with Gasteiger partial charge in [-0.3, -0.25) is 4.79 Å². The Hall–Kier alpha value is -0.650. The number of nitrogens with one attached hydrogen (secondary N) is 2. The summed E-state index contributed by atoms with van der Waals surface area (Å²) in [5, 5.41) is 16.0. The molecule has 3 N–H and O–H groups in total. The first-order valence-corrected chi connectivity index (χ1v) is 6.68. The zero-order chi connectivity index (χ0) is 14.2. The van der Waals surface area contributed by atoms with Crippen molar-refractivity contribution in [3.8, 4) is 0 Å². The van der Waals surface area contributed by atoms with Gasteiger partial charge in [-0.25, -0.2) is 0 Å². The normalized spacial score (nSPS) is 14.9. The molecule has 0 saturated heterocycles. The van der Waals surface area contributed by atoms with Gasteiger partial charge in [0, 0.05) is 19.1 Å². The molecule has 1 atom stereocenters. The number of nitrogens with zero attached hydrogens (tertiary/aromatic N) is 1. The molecule has 18 heavy (non-hydrogen) atoms. The van der Waals surface area contributed by atoms with Crippen molar-refractivity contribution in [2.24, 2.45) is 0 Å². The average molecular weight is 259 g/mol. The van der Waals surface area contributed by atoms with E-state index in [0.717, 1.165) is 12.8 Å². The second-order valence-corrected chi connectivity index (χ2v) is 5.42. The molecule has 108 valence electrons. The van der Waals surface area contributed by atoms with Crippen molar-refractivity contribution in [3.05, 3.63) is 0 Å². The van der Waals surface area contributed by atoms with Crippen LogP contribution in [-0.4, -0.2) is 61.3 Å². The van der Waals surface area contributed by atoms with Crippen LogP contribution in [0, 0.1) is 0 Å². The molecule has 0 radical (unpaired) electrons. The molecule has 0 aromatic heterocycles. The third kappa shape index (κ3) is 8.44. The first-order valence-electron chi connectivity index (χ1n) is 6.68. The Morgan fingerprint density at radius 3 is 2.33 bits per heavy atom. The molecule has 0 aromatic carbocycles. The van der Waals surface area contributed by atoms with E-state index in [4.69, 9.17) is 0 Å². The summed E-state index contributed by atoms with van der Waals surface area (Å²) < 4.78 is 0. The molecule has 0 heterocycles. The van der Waals surface area contributed by atoms with Gasteiger partial charge in [0.1, 0.15) is 0 Å². The van der Waals surface area contributed by atoms with E-state index >= 15 is 0 Å². The molecular weight excluding hydrogens is 230 g/mol. The molecule has 0 aliphatic heterocycles. The van der Waals surface area contributed by atoms with Crippen LogP contribution >= 0.6 is 0 Å². The number of amides is 1. The fraction of sp³-hybridized carbons (Fsp3) is 0.923. The van der Waals surface area contributed by atoms with Gasteiger partial charge < -0.3 is 20.6 Å². The molecule has 0 aromatic rings. The summed E-state index contributed by atoms with van der Waals surface area (Å²) in [6, 6.07) is 0.251. The van der Waals surface area contributed by atoms with Gasteiger partial charge in [-0.15, -0.1) is 0 Å². The first-order chi connectivity index (χ1) is 8.30. The number of rotatable bonds is 9. The number of likely N-dealkylation sites (N-methyl/N-ethyl adjacent to an activating group) is 1.